The molecule has 2 aromatic carbocycles. The highest BCUT2D eigenvalue weighted by Crippen LogP contribution is 2.11. The maximum absolute atomic E-state index is 12.8. The van der Waals surface area contributed by atoms with Crippen LogP contribution in [-0.4, -0.2) is 26.3 Å². The number of nitrogens with one attached hydrogen (secondary N) is 3. The van der Waals surface area contributed by atoms with Crippen molar-refractivity contribution in [1.29, 1.82) is 0 Å². The van der Waals surface area contributed by atoms with Crippen molar-refractivity contribution in [2.45, 2.75) is 37.6 Å². The smallest absolute Gasteiger partial charge is 0.269 e. The molecule has 2 amide bonds. The van der Waals surface area contributed by atoms with Gasteiger partial charge < -0.3 is 0 Å². The zero-order chi connectivity index (χ0) is 20.7. The van der Waals surface area contributed by atoms with Crippen molar-refractivity contribution >= 4 is 21.8 Å². The Balaban J connectivity index is 1.92. The molecule has 0 fully saturated rings. The number of sulfonamides is 1. The number of hydrogen-bond acceptors (Lipinski definition) is 4. The van der Waals surface area contributed by atoms with Crippen LogP contribution >= 0.6 is 0 Å². The molecule has 150 valence electrons. The van der Waals surface area contributed by atoms with Gasteiger partial charge in [0.1, 0.15) is 5.82 Å². The fourth-order valence-electron chi connectivity index (χ4n) is 2.23. The molecule has 0 radical (unpaired) electrons. The Kier molecular flexibility index (Phi) is 7.24. The van der Waals surface area contributed by atoms with Crippen LogP contribution in [0.25, 0.3) is 0 Å². The third-order valence-corrected chi connectivity index (χ3v) is 5.59. The lowest BCUT2D eigenvalue weighted by atomic mass is 10.1. The highest BCUT2D eigenvalue weighted by molar-refractivity contribution is 7.89. The van der Waals surface area contributed by atoms with Crippen LogP contribution in [0.15, 0.2) is 53.4 Å². The van der Waals surface area contributed by atoms with Gasteiger partial charge in [0.15, 0.2) is 0 Å². The van der Waals surface area contributed by atoms with Gasteiger partial charge in [-0.05, 0) is 55.3 Å². The lowest BCUT2D eigenvalue weighted by Crippen LogP contribution is -2.42. The van der Waals surface area contributed by atoms with Crippen molar-refractivity contribution in [2.24, 2.45) is 0 Å². The molecule has 2 aromatic rings. The maximum Gasteiger partial charge on any atom is 0.269 e. The van der Waals surface area contributed by atoms with E-state index in [0.717, 1.165) is 0 Å². The third-order valence-electron chi connectivity index (χ3n) is 3.99. The first-order valence-electron chi connectivity index (χ1n) is 8.67. The van der Waals surface area contributed by atoms with Crippen LogP contribution in [0.2, 0.25) is 0 Å². The van der Waals surface area contributed by atoms with Gasteiger partial charge in [0.05, 0.1) is 11.3 Å². The van der Waals surface area contributed by atoms with E-state index in [1.54, 1.807) is 6.92 Å². The van der Waals surface area contributed by atoms with E-state index in [2.05, 4.69) is 15.6 Å². The largest absolute Gasteiger partial charge is 0.273 e. The topological polar surface area (TPSA) is 104 Å². The predicted octanol–water partition coefficient (Wildman–Crippen LogP) is 1.91. The van der Waals surface area contributed by atoms with Gasteiger partial charge in [0.25, 0.3) is 5.91 Å². The average Bonchev–Trinajstić information content (AvgIpc) is 2.67. The zero-order valence-corrected chi connectivity index (χ0v) is 16.3. The number of carbonyl (C=O) groups excluding carboxylic acids is 2. The Morgan fingerprint density at radius 2 is 1.61 bits per heavy atom. The van der Waals surface area contributed by atoms with E-state index >= 15 is 0 Å². The molecule has 3 N–H and O–H groups in total. The molecule has 0 aliphatic heterocycles. The minimum atomic E-state index is -3.66. The summed E-state index contributed by atoms with van der Waals surface area (Å²) in [5.41, 5.74) is 5.29. The van der Waals surface area contributed by atoms with Crippen molar-refractivity contribution in [3.63, 3.8) is 0 Å². The van der Waals surface area contributed by atoms with Gasteiger partial charge in [0.2, 0.25) is 15.9 Å². The van der Waals surface area contributed by atoms with Crippen LogP contribution in [0.3, 0.4) is 0 Å². The number of hydrazine groups is 1. The Labute approximate surface area is 163 Å². The monoisotopic (exact) mass is 407 g/mol. The van der Waals surface area contributed by atoms with Crippen molar-refractivity contribution in [2.75, 3.05) is 0 Å². The highest BCUT2D eigenvalue weighted by Gasteiger charge is 2.17. The Morgan fingerprint density at radius 1 is 1.00 bits per heavy atom. The molecule has 0 heterocycles. The SMILES string of the molecule is CC[C@H](C)NS(=O)(=O)c1ccc(C(=O)NNC(=O)Cc2ccc(F)cc2)cc1. The molecule has 0 spiro atoms. The van der Waals surface area contributed by atoms with Crippen molar-refractivity contribution in [1.82, 2.24) is 15.6 Å². The normalized spacial score (nSPS) is 12.2. The number of carbonyl (C=O) groups is 2. The Hall–Kier alpha value is -2.78. The molecule has 9 heteroatoms. The predicted molar refractivity (Wildman–Crippen MR) is 102 cm³/mol. The fourth-order valence-corrected chi connectivity index (χ4v) is 3.56. The van der Waals surface area contributed by atoms with Gasteiger partial charge in [-0.25, -0.2) is 17.5 Å². The average molecular weight is 407 g/mol. The van der Waals surface area contributed by atoms with E-state index in [1.807, 2.05) is 6.92 Å². The van der Waals surface area contributed by atoms with Gasteiger partial charge in [-0.2, -0.15) is 0 Å². The van der Waals surface area contributed by atoms with Gasteiger partial charge in [-0.3, -0.25) is 20.4 Å². The number of benzene rings is 2. The van der Waals surface area contributed by atoms with Gasteiger partial charge in [-0.1, -0.05) is 19.1 Å². The Bertz CT molecular complexity index is 929. The van der Waals surface area contributed by atoms with Crippen molar-refractivity contribution in [3.05, 3.63) is 65.5 Å². The van der Waals surface area contributed by atoms with E-state index < -0.39 is 27.7 Å². The molecule has 0 unspecified atom stereocenters. The van der Waals surface area contributed by atoms with Crippen molar-refractivity contribution < 1.29 is 22.4 Å². The van der Waals surface area contributed by atoms with Crippen LogP contribution in [0, 0.1) is 5.82 Å². The van der Waals surface area contributed by atoms with E-state index in [-0.39, 0.29) is 22.9 Å². The van der Waals surface area contributed by atoms with Crippen molar-refractivity contribution in [3.8, 4) is 0 Å². The summed E-state index contributed by atoms with van der Waals surface area (Å²) in [4.78, 5) is 24.0. The van der Waals surface area contributed by atoms with Crippen LogP contribution in [-0.2, 0) is 21.2 Å². The summed E-state index contributed by atoms with van der Waals surface area (Å²) in [5.74, 6) is -1.47. The van der Waals surface area contributed by atoms with Gasteiger partial charge >= 0.3 is 0 Å². The number of halogens is 1. The molecule has 0 bridgehead atoms. The first-order valence-corrected chi connectivity index (χ1v) is 10.2. The maximum atomic E-state index is 12.8. The first-order chi connectivity index (χ1) is 13.2. The molecule has 2 rings (SSSR count). The van der Waals surface area contributed by atoms with Crippen LogP contribution in [0.4, 0.5) is 4.39 Å². The molecular weight excluding hydrogens is 385 g/mol. The lowest BCUT2D eigenvalue weighted by molar-refractivity contribution is -0.121. The molecule has 0 saturated carbocycles. The molecular formula is C19H22FN3O4S. The van der Waals surface area contributed by atoms with Crippen LogP contribution in [0.5, 0.6) is 0 Å². The lowest BCUT2D eigenvalue weighted by Gasteiger charge is -2.12. The molecule has 0 aliphatic rings. The van der Waals surface area contributed by atoms with Crippen LogP contribution in [0.1, 0.15) is 36.2 Å². The quantitative estimate of drug-likeness (QED) is 0.610. The first kappa shape index (κ1) is 21.5. The van der Waals surface area contributed by atoms with E-state index in [4.69, 9.17) is 0 Å². The number of rotatable bonds is 7. The minimum absolute atomic E-state index is 0.0287. The highest BCUT2D eigenvalue weighted by atomic mass is 32.2. The van der Waals surface area contributed by atoms with Gasteiger partial charge in [-0.15, -0.1) is 0 Å². The summed E-state index contributed by atoms with van der Waals surface area (Å²) in [6.45, 7) is 3.62. The summed E-state index contributed by atoms with van der Waals surface area (Å²) < 4.78 is 39.8. The zero-order valence-electron chi connectivity index (χ0n) is 15.5. The number of hydrogen-bond donors (Lipinski definition) is 3. The summed E-state index contributed by atoms with van der Waals surface area (Å²) in [7, 11) is -3.66. The van der Waals surface area contributed by atoms with E-state index in [0.29, 0.717) is 12.0 Å². The van der Waals surface area contributed by atoms with Crippen LogP contribution < -0.4 is 15.6 Å². The Morgan fingerprint density at radius 3 is 2.18 bits per heavy atom. The molecule has 0 aliphatic carbocycles. The second-order valence-electron chi connectivity index (χ2n) is 6.26. The summed E-state index contributed by atoms with van der Waals surface area (Å²) in [6, 6.07) is 10.6. The molecule has 0 aromatic heterocycles. The molecule has 7 nitrogen and oxygen atoms in total. The molecule has 1 atom stereocenters. The summed E-state index contributed by atoms with van der Waals surface area (Å²) >= 11 is 0. The van der Waals surface area contributed by atoms with Gasteiger partial charge in [0, 0.05) is 11.6 Å². The summed E-state index contributed by atoms with van der Waals surface area (Å²) in [5, 5.41) is 0. The molecule has 28 heavy (non-hydrogen) atoms. The van der Waals surface area contributed by atoms with E-state index in [9.17, 15) is 22.4 Å². The molecule has 0 saturated heterocycles. The standard InChI is InChI=1S/C19H22FN3O4S/c1-3-13(2)23-28(26,27)17-10-6-15(7-11-17)19(25)22-21-18(24)12-14-4-8-16(20)9-5-14/h4-11,13,23H,3,12H2,1-2H3,(H,21,24)(H,22,25)/t13-/m0/s1. The summed E-state index contributed by atoms with van der Waals surface area (Å²) in [6.07, 6.45) is 0.621. The second-order valence-corrected chi connectivity index (χ2v) is 7.97. The third kappa shape index (κ3) is 6.14. The fraction of sp³-hybridized carbons (Fsp3) is 0.263. The minimum Gasteiger partial charge on any atom is -0.273 e. The second kappa shape index (κ2) is 9.43. The van der Waals surface area contributed by atoms with E-state index in [1.165, 1.54) is 48.5 Å². The number of amides is 2.